The second kappa shape index (κ2) is 13.9. The van der Waals surface area contributed by atoms with Crippen molar-refractivity contribution in [2.24, 2.45) is 5.10 Å². The number of amides is 1. The molecule has 38 heavy (non-hydrogen) atoms. The minimum Gasteiger partial charge on any atom is -0.478 e. The van der Waals surface area contributed by atoms with E-state index in [0.717, 1.165) is 18.5 Å². The largest absolute Gasteiger partial charge is 0.478 e. The fourth-order valence-corrected chi connectivity index (χ4v) is 4.72. The van der Waals surface area contributed by atoms with Gasteiger partial charge in [-0.05, 0) is 49.8 Å². The topological polar surface area (TPSA) is 82.0 Å². The van der Waals surface area contributed by atoms with E-state index in [2.05, 4.69) is 53.2 Å². The van der Waals surface area contributed by atoms with Gasteiger partial charge in [-0.15, -0.1) is 12.8 Å². The van der Waals surface area contributed by atoms with Crippen LogP contribution in [0.2, 0.25) is 0 Å². The maximum absolute atomic E-state index is 14.2. The highest BCUT2D eigenvalue weighted by Gasteiger charge is 2.49. The van der Waals surface area contributed by atoms with Crippen molar-refractivity contribution in [2.45, 2.75) is 33.2 Å². The number of quaternary nitrogens is 1. The second-order valence-electron chi connectivity index (χ2n) is 8.37. The number of rotatable bonds is 8. The first-order valence-electron chi connectivity index (χ1n) is 11.6. The molecule has 198 valence electrons. The van der Waals surface area contributed by atoms with Crippen LogP contribution in [0.25, 0.3) is 0 Å². The van der Waals surface area contributed by atoms with Crippen molar-refractivity contribution < 1.29 is 19.1 Å². The molecule has 0 aromatic heterocycles. The Hall–Kier alpha value is -3.40. The number of terminal acetylenes is 1. The molecule has 1 heterocycles. The van der Waals surface area contributed by atoms with Crippen molar-refractivity contribution >= 4 is 63.5 Å². The monoisotopic (exact) mass is 647 g/mol. The highest BCUT2D eigenvalue weighted by Crippen LogP contribution is 2.37. The molecule has 0 saturated carbocycles. The summed E-state index contributed by atoms with van der Waals surface area (Å²) in [5, 5.41) is 14.2. The molecule has 1 amide bonds. The summed E-state index contributed by atoms with van der Waals surface area (Å²) < 4.78 is 15.7. The van der Waals surface area contributed by atoms with Crippen LogP contribution >= 0.6 is 35.1 Å². The van der Waals surface area contributed by atoms with Crippen LogP contribution in [0.3, 0.4) is 0 Å². The number of hydrogen-bond donors (Lipinski definition) is 2. The second-order valence-corrected chi connectivity index (χ2v) is 9.72. The summed E-state index contributed by atoms with van der Waals surface area (Å²) >= 11 is 7.58. The van der Waals surface area contributed by atoms with Crippen molar-refractivity contribution in [1.29, 1.82) is 0 Å². The van der Waals surface area contributed by atoms with E-state index in [4.69, 9.17) is 12.2 Å². The fraction of sp³-hybridized carbons (Fsp3) is 0.214. The van der Waals surface area contributed by atoms with Crippen LogP contribution in [0.4, 0.5) is 10.1 Å². The lowest BCUT2D eigenvalue weighted by Gasteiger charge is -2.27. The number of hydrogen-bond acceptors (Lipinski definition) is 4. The van der Waals surface area contributed by atoms with Crippen molar-refractivity contribution in [1.82, 2.24) is 13.0 Å². The average molecular weight is 648 g/mol. The van der Waals surface area contributed by atoms with Gasteiger partial charge in [-0.3, -0.25) is 8.54 Å². The number of carboxylic acid groups (broad SMARTS) is 1. The van der Waals surface area contributed by atoms with Crippen LogP contribution in [0.5, 0.6) is 0 Å². The van der Waals surface area contributed by atoms with Crippen LogP contribution in [0.1, 0.15) is 48.2 Å². The molecule has 10 heteroatoms. The third kappa shape index (κ3) is 6.72. The number of nitrogens with zero attached hydrogens (tertiary/aromatic N) is 3. The SMILES string of the molecule is C#C.C/C=C\C=C(/CCC)N(I)C(=S)N/N=C1\C(=O)[N+](C)(Cc2ccccc2C(=O)O)c2ccc(F)cc21. The van der Waals surface area contributed by atoms with E-state index in [-0.39, 0.29) is 27.4 Å². The number of benzene rings is 2. The van der Waals surface area contributed by atoms with Gasteiger partial charge in [-0.25, -0.2) is 18.5 Å². The summed E-state index contributed by atoms with van der Waals surface area (Å²) in [6.07, 6.45) is 15.5. The number of carbonyl (C=O) groups is 2. The van der Waals surface area contributed by atoms with Crippen molar-refractivity contribution in [3.63, 3.8) is 0 Å². The average Bonchev–Trinajstić information content (AvgIpc) is 3.11. The Balaban J connectivity index is 0.00000247. The number of nitrogens with one attached hydrogen (secondary N) is 1. The molecule has 1 aliphatic rings. The highest BCUT2D eigenvalue weighted by molar-refractivity contribution is 14.1. The van der Waals surface area contributed by atoms with Crippen molar-refractivity contribution in [3.8, 4) is 12.8 Å². The maximum Gasteiger partial charge on any atom is 0.372 e. The first kappa shape index (κ1) is 30.8. The van der Waals surface area contributed by atoms with Crippen LogP contribution in [-0.4, -0.2) is 38.0 Å². The number of likely N-dealkylation sites (N-methyl/N-ethyl adjacent to an activating group) is 1. The molecule has 0 fully saturated rings. The maximum atomic E-state index is 14.2. The van der Waals surface area contributed by atoms with Gasteiger partial charge in [0.05, 0.1) is 41.0 Å². The predicted octanol–water partition coefficient (Wildman–Crippen LogP) is 5.94. The molecule has 1 atom stereocenters. The molecule has 7 nitrogen and oxygen atoms in total. The molecule has 0 radical (unpaired) electrons. The summed E-state index contributed by atoms with van der Waals surface area (Å²) in [5.41, 5.74) is 5.23. The fourth-order valence-electron chi connectivity index (χ4n) is 4.05. The minimum absolute atomic E-state index is 0.0291. The Kier molecular flexibility index (Phi) is 11.3. The van der Waals surface area contributed by atoms with Gasteiger partial charge in [0.15, 0.2) is 5.69 Å². The van der Waals surface area contributed by atoms with Crippen LogP contribution in [0, 0.1) is 18.7 Å². The third-order valence-electron chi connectivity index (χ3n) is 5.81. The Morgan fingerprint density at radius 3 is 2.61 bits per heavy atom. The normalized spacial score (nSPS) is 17.6. The van der Waals surface area contributed by atoms with E-state index in [1.54, 1.807) is 28.4 Å². The molecular weight excluding hydrogens is 618 g/mol. The lowest BCUT2D eigenvalue weighted by atomic mass is 10.1. The number of fused-ring (bicyclic) bond motifs is 1. The van der Waals surface area contributed by atoms with E-state index < -0.39 is 17.7 Å². The van der Waals surface area contributed by atoms with E-state index in [1.165, 1.54) is 24.3 Å². The molecule has 2 N–H and O–H groups in total. The summed E-state index contributed by atoms with van der Waals surface area (Å²) in [5.74, 6) is -1.99. The number of carboxylic acids is 1. The summed E-state index contributed by atoms with van der Waals surface area (Å²) in [6.45, 7) is 4.05. The van der Waals surface area contributed by atoms with E-state index in [9.17, 15) is 19.1 Å². The van der Waals surface area contributed by atoms with Gasteiger partial charge < -0.3 is 5.11 Å². The van der Waals surface area contributed by atoms with Crippen LogP contribution < -0.4 is 9.91 Å². The lowest BCUT2D eigenvalue weighted by Crippen LogP contribution is -2.49. The quantitative estimate of drug-likeness (QED) is 0.0703. The predicted molar refractivity (Wildman–Crippen MR) is 162 cm³/mol. The van der Waals surface area contributed by atoms with E-state index in [1.807, 2.05) is 25.2 Å². The first-order valence-corrected chi connectivity index (χ1v) is 13.0. The number of carbonyl (C=O) groups excluding carboxylic acids is 1. The number of allylic oxidation sites excluding steroid dienone is 4. The molecule has 2 aromatic carbocycles. The smallest absolute Gasteiger partial charge is 0.372 e. The summed E-state index contributed by atoms with van der Waals surface area (Å²) in [7, 11) is 1.67. The molecule has 0 aliphatic carbocycles. The number of halogens is 2. The number of hydrazone groups is 1. The van der Waals surface area contributed by atoms with Gasteiger partial charge in [0, 0.05) is 17.3 Å². The van der Waals surface area contributed by atoms with Crippen LogP contribution in [-0.2, 0) is 11.3 Å². The molecule has 0 bridgehead atoms. The van der Waals surface area contributed by atoms with E-state index in [0.29, 0.717) is 16.8 Å². The standard InChI is InChI=1S/C26H26FIN4O3S.C2H2/c1-4-6-11-19(9-5-2)31(28)26(36)30-29-23-21-15-18(27)13-14-22(21)32(3,24(23)33)16-17-10-7-8-12-20(17)25(34)35;1-2/h4,6-8,10-15H,5,9,16H2,1-3H3,(H-,30,33,34,35,36);1-2H/p+1/b6-4-,19-11+;. The molecule has 0 saturated heterocycles. The third-order valence-corrected chi connectivity index (χ3v) is 7.51. The molecule has 3 rings (SSSR count). The van der Waals surface area contributed by atoms with Gasteiger partial charge in [0.1, 0.15) is 12.4 Å². The van der Waals surface area contributed by atoms with E-state index >= 15 is 0 Å². The Labute approximate surface area is 241 Å². The molecule has 2 aromatic rings. The molecule has 1 aliphatic heterocycles. The zero-order valence-corrected chi connectivity index (χ0v) is 24.3. The van der Waals surface area contributed by atoms with Gasteiger partial charge in [0.2, 0.25) is 10.8 Å². The number of thiocarbonyl (C=S) groups is 1. The molecule has 1 unspecified atom stereocenters. The zero-order chi connectivity index (χ0) is 28.5. The first-order chi connectivity index (χ1) is 18.1. The minimum atomic E-state index is -1.08. The van der Waals surface area contributed by atoms with Crippen molar-refractivity contribution in [2.75, 3.05) is 7.05 Å². The van der Waals surface area contributed by atoms with Gasteiger partial charge in [0.25, 0.3) is 0 Å². The summed E-state index contributed by atoms with van der Waals surface area (Å²) in [6, 6.07) is 10.6. The van der Waals surface area contributed by atoms with Gasteiger partial charge in [-0.2, -0.15) is 5.10 Å². The number of aromatic carboxylic acids is 1. The lowest BCUT2D eigenvalue weighted by molar-refractivity contribution is -0.122. The van der Waals surface area contributed by atoms with Gasteiger partial charge in [-0.1, -0.05) is 43.7 Å². The Morgan fingerprint density at radius 2 is 1.97 bits per heavy atom. The van der Waals surface area contributed by atoms with Crippen LogP contribution in [0.15, 0.2) is 71.5 Å². The molecule has 0 spiro atoms. The van der Waals surface area contributed by atoms with Gasteiger partial charge >= 0.3 is 11.9 Å². The summed E-state index contributed by atoms with van der Waals surface area (Å²) in [4.78, 5) is 25.4. The highest BCUT2D eigenvalue weighted by atomic mass is 127. The Morgan fingerprint density at radius 1 is 1.29 bits per heavy atom. The zero-order valence-electron chi connectivity index (χ0n) is 21.3. The molecular formula is C28H29FIN4O3S+. The van der Waals surface area contributed by atoms with Crippen molar-refractivity contribution in [3.05, 3.63) is 88.9 Å². The Bertz CT molecular complexity index is 1340.